The number of aromatic nitrogens is 2. The van der Waals surface area contributed by atoms with E-state index >= 15 is 0 Å². The molecule has 5 nitrogen and oxygen atoms in total. The number of hydrogen-bond donors (Lipinski definition) is 2. The third-order valence-corrected chi connectivity index (χ3v) is 3.87. The minimum absolute atomic E-state index is 0.444. The summed E-state index contributed by atoms with van der Waals surface area (Å²) in [6.45, 7) is 1.98. The van der Waals surface area contributed by atoms with E-state index in [-0.39, 0.29) is 0 Å². The van der Waals surface area contributed by atoms with Crippen molar-refractivity contribution in [3.05, 3.63) is 47.8 Å². The van der Waals surface area contributed by atoms with Crippen molar-refractivity contribution >= 4 is 5.82 Å². The number of hydrogen-bond acceptors (Lipinski definition) is 5. The van der Waals surface area contributed by atoms with Crippen molar-refractivity contribution in [1.82, 2.24) is 9.97 Å². The number of anilines is 1. The molecule has 1 aromatic carbocycles. The smallest absolute Gasteiger partial charge is 0.233 e. The zero-order valence-corrected chi connectivity index (χ0v) is 11.5. The second-order valence-corrected chi connectivity index (χ2v) is 5.15. The quantitative estimate of drug-likeness (QED) is 0.890. The number of aliphatic hydroxyl groups excluding tert-OH is 1. The van der Waals surface area contributed by atoms with Crippen LogP contribution >= 0.6 is 0 Å². The Bertz CT molecular complexity index is 632. The summed E-state index contributed by atoms with van der Waals surface area (Å²) in [5, 5.41) is 13.7. The summed E-state index contributed by atoms with van der Waals surface area (Å²) in [4.78, 5) is 8.38. The van der Waals surface area contributed by atoms with Gasteiger partial charge in [-0.2, -0.15) is 4.98 Å². The molecule has 1 aliphatic carbocycles. The highest BCUT2D eigenvalue weighted by atomic mass is 16.5. The van der Waals surface area contributed by atoms with E-state index in [0.29, 0.717) is 18.1 Å². The molecule has 0 bridgehead atoms. The normalized spacial score (nSPS) is 24.2. The highest BCUT2D eigenvalue weighted by Crippen LogP contribution is 2.39. The molecule has 0 saturated carbocycles. The number of aliphatic hydroxyl groups is 1. The third kappa shape index (κ3) is 2.00. The molecule has 0 unspecified atom stereocenters. The summed E-state index contributed by atoms with van der Waals surface area (Å²) in [6.07, 6.45) is 3.30. The highest BCUT2D eigenvalue weighted by Gasteiger charge is 2.42. The SMILES string of the molecule is COc1cncc(N[C@]2(C)c3ccccc3C[C@@H]2O)n1. The van der Waals surface area contributed by atoms with Crippen molar-refractivity contribution in [3.8, 4) is 5.88 Å². The Morgan fingerprint density at radius 3 is 2.95 bits per heavy atom. The van der Waals surface area contributed by atoms with Gasteiger partial charge in [0.2, 0.25) is 5.88 Å². The monoisotopic (exact) mass is 271 g/mol. The van der Waals surface area contributed by atoms with Gasteiger partial charge in [0.05, 0.1) is 31.1 Å². The van der Waals surface area contributed by atoms with Crippen LogP contribution in [-0.4, -0.2) is 28.3 Å². The number of benzene rings is 1. The maximum atomic E-state index is 10.4. The van der Waals surface area contributed by atoms with Crippen LogP contribution in [0.3, 0.4) is 0 Å². The lowest BCUT2D eigenvalue weighted by Crippen LogP contribution is -2.40. The zero-order valence-electron chi connectivity index (χ0n) is 11.5. The van der Waals surface area contributed by atoms with E-state index < -0.39 is 11.6 Å². The Morgan fingerprint density at radius 1 is 1.35 bits per heavy atom. The first-order valence-corrected chi connectivity index (χ1v) is 6.54. The van der Waals surface area contributed by atoms with Crippen LogP contribution in [0.1, 0.15) is 18.1 Å². The summed E-state index contributed by atoms with van der Waals surface area (Å²) in [5.74, 6) is 1.03. The molecule has 1 aromatic heterocycles. The lowest BCUT2D eigenvalue weighted by atomic mass is 9.92. The van der Waals surface area contributed by atoms with Gasteiger partial charge in [0.1, 0.15) is 5.82 Å². The first-order chi connectivity index (χ1) is 9.63. The van der Waals surface area contributed by atoms with E-state index in [4.69, 9.17) is 4.74 Å². The van der Waals surface area contributed by atoms with Crippen molar-refractivity contribution in [1.29, 1.82) is 0 Å². The minimum atomic E-state index is -0.572. The summed E-state index contributed by atoms with van der Waals surface area (Å²) in [7, 11) is 1.55. The number of rotatable bonds is 3. The largest absolute Gasteiger partial charge is 0.480 e. The fourth-order valence-electron chi connectivity index (χ4n) is 2.72. The Hall–Kier alpha value is -2.14. The van der Waals surface area contributed by atoms with Crippen LogP contribution in [-0.2, 0) is 12.0 Å². The minimum Gasteiger partial charge on any atom is -0.480 e. The maximum Gasteiger partial charge on any atom is 0.233 e. The lowest BCUT2D eigenvalue weighted by Gasteiger charge is -2.31. The van der Waals surface area contributed by atoms with Gasteiger partial charge in [0.25, 0.3) is 0 Å². The number of nitrogens with one attached hydrogen (secondary N) is 1. The molecule has 0 radical (unpaired) electrons. The van der Waals surface area contributed by atoms with Gasteiger partial charge >= 0.3 is 0 Å². The fraction of sp³-hybridized carbons (Fsp3) is 0.333. The van der Waals surface area contributed by atoms with E-state index in [2.05, 4.69) is 15.3 Å². The molecule has 0 saturated heterocycles. The van der Waals surface area contributed by atoms with Crippen LogP contribution < -0.4 is 10.1 Å². The molecule has 20 heavy (non-hydrogen) atoms. The van der Waals surface area contributed by atoms with E-state index in [1.165, 1.54) is 0 Å². The molecule has 2 aromatic rings. The highest BCUT2D eigenvalue weighted by molar-refractivity contribution is 5.48. The van der Waals surface area contributed by atoms with Crippen LogP contribution in [0, 0.1) is 0 Å². The predicted molar refractivity (Wildman–Crippen MR) is 75.7 cm³/mol. The van der Waals surface area contributed by atoms with Gasteiger partial charge in [-0.3, -0.25) is 4.98 Å². The molecular formula is C15H17N3O2. The number of nitrogens with zero attached hydrogens (tertiary/aromatic N) is 2. The summed E-state index contributed by atoms with van der Waals surface area (Å²) in [5.41, 5.74) is 1.68. The maximum absolute atomic E-state index is 10.4. The first-order valence-electron chi connectivity index (χ1n) is 6.54. The summed E-state index contributed by atoms with van der Waals surface area (Å²) < 4.78 is 5.07. The molecule has 1 aliphatic rings. The van der Waals surface area contributed by atoms with Gasteiger partial charge in [-0.1, -0.05) is 24.3 Å². The second-order valence-electron chi connectivity index (χ2n) is 5.15. The average molecular weight is 271 g/mol. The third-order valence-electron chi connectivity index (χ3n) is 3.87. The fourth-order valence-corrected chi connectivity index (χ4v) is 2.72. The number of fused-ring (bicyclic) bond motifs is 1. The van der Waals surface area contributed by atoms with Crippen molar-refractivity contribution in [2.45, 2.75) is 25.0 Å². The van der Waals surface area contributed by atoms with Gasteiger partial charge in [0, 0.05) is 6.42 Å². The van der Waals surface area contributed by atoms with E-state index in [9.17, 15) is 5.11 Å². The molecule has 0 aliphatic heterocycles. The van der Waals surface area contributed by atoms with Crippen molar-refractivity contribution in [2.24, 2.45) is 0 Å². The molecule has 0 fully saturated rings. The van der Waals surface area contributed by atoms with Crippen molar-refractivity contribution < 1.29 is 9.84 Å². The molecule has 1 heterocycles. The molecule has 5 heteroatoms. The zero-order chi connectivity index (χ0) is 14.2. The van der Waals surface area contributed by atoms with Crippen molar-refractivity contribution in [3.63, 3.8) is 0 Å². The Morgan fingerprint density at radius 2 is 2.15 bits per heavy atom. The van der Waals surface area contributed by atoms with Crippen LogP contribution in [0.15, 0.2) is 36.7 Å². The standard InChI is InChI=1S/C15H17N3O2/c1-15(18-13-8-16-9-14(17-13)20-2)11-6-4-3-5-10(11)7-12(15)19/h3-6,8-9,12,19H,7H2,1-2H3,(H,17,18)/t12-,15+/m0/s1. The predicted octanol–water partition coefficient (Wildman–Crippen LogP) is 1.73. The molecule has 104 valence electrons. The summed E-state index contributed by atoms with van der Waals surface area (Å²) in [6, 6.07) is 8.05. The Kier molecular flexibility index (Phi) is 3.06. The number of methoxy groups -OCH3 is 1. The van der Waals surface area contributed by atoms with E-state index in [0.717, 1.165) is 11.1 Å². The topological polar surface area (TPSA) is 67.3 Å². The molecule has 3 rings (SSSR count). The van der Waals surface area contributed by atoms with Crippen LogP contribution in [0.2, 0.25) is 0 Å². The van der Waals surface area contributed by atoms with Crippen molar-refractivity contribution in [2.75, 3.05) is 12.4 Å². The molecule has 0 spiro atoms. The molecular weight excluding hydrogens is 254 g/mol. The summed E-state index contributed by atoms with van der Waals surface area (Å²) >= 11 is 0. The van der Waals surface area contributed by atoms with Gasteiger partial charge in [-0.15, -0.1) is 0 Å². The van der Waals surface area contributed by atoms with Crippen LogP contribution in [0.5, 0.6) is 5.88 Å². The Labute approximate surface area is 117 Å². The van der Waals surface area contributed by atoms with E-state index in [1.54, 1.807) is 19.5 Å². The van der Waals surface area contributed by atoms with Gasteiger partial charge in [0.15, 0.2) is 0 Å². The number of ether oxygens (including phenoxy) is 1. The molecule has 2 N–H and O–H groups in total. The van der Waals surface area contributed by atoms with Gasteiger partial charge in [-0.25, -0.2) is 0 Å². The average Bonchev–Trinajstić information content (AvgIpc) is 2.71. The first kappa shape index (κ1) is 12.9. The van der Waals surface area contributed by atoms with E-state index in [1.807, 2.05) is 31.2 Å². The Balaban J connectivity index is 1.96. The van der Waals surface area contributed by atoms with Gasteiger partial charge in [-0.05, 0) is 18.1 Å². The van der Waals surface area contributed by atoms with Crippen LogP contribution in [0.25, 0.3) is 0 Å². The lowest BCUT2D eigenvalue weighted by molar-refractivity contribution is 0.120. The molecule has 0 amide bonds. The van der Waals surface area contributed by atoms with Gasteiger partial charge < -0.3 is 15.2 Å². The second kappa shape index (κ2) is 4.76. The molecule has 2 atom stereocenters. The van der Waals surface area contributed by atoms with Crippen LogP contribution in [0.4, 0.5) is 5.82 Å².